The molecule has 1 saturated carbocycles. The van der Waals surface area contributed by atoms with Crippen LogP contribution in [0.4, 0.5) is 0 Å². The van der Waals surface area contributed by atoms with Crippen LogP contribution < -0.4 is 5.32 Å². The van der Waals surface area contributed by atoms with Crippen LogP contribution in [0.2, 0.25) is 0 Å². The van der Waals surface area contributed by atoms with Gasteiger partial charge < -0.3 is 5.32 Å². The van der Waals surface area contributed by atoms with Gasteiger partial charge in [0.05, 0.1) is 0 Å². The Hall–Kier alpha value is -1.57. The molecule has 1 amide bonds. The van der Waals surface area contributed by atoms with E-state index in [-0.39, 0.29) is 5.91 Å². The minimum absolute atomic E-state index is 0.0851. The molecule has 0 bridgehead atoms. The molecule has 0 atom stereocenters. The van der Waals surface area contributed by atoms with Crippen LogP contribution in [-0.4, -0.2) is 11.9 Å². The van der Waals surface area contributed by atoms with Gasteiger partial charge in [-0.3, -0.25) is 4.79 Å². The molecule has 2 aliphatic rings. The largest absolute Gasteiger partial charge is 0.350 e. The molecule has 0 aliphatic heterocycles. The van der Waals surface area contributed by atoms with Gasteiger partial charge in [-0.2, -0.15) is 0 Å². The van der Waals surface area contributed by atoms with E-state index in [1.54, 1.807) is 0 Å². The molecule has 2 aliphatic carbocycles. The lowest BCUT2D eigenvalue weighted by atomic mass is 9.86. The lowest BCUT2D eigenvalue weighted by Crippen LogP contribution is -2.23. The number of carbonyl (C=O) groups excluding carboxylic acids is 1. The van der Waals surface area contributed by atoms with Gasteiger partial charge in [0.15, 0.2) is 0 Å². The maximum Gasteiger partial charge on any atom is 0.244 e. The molecule has 18 heavy (non-hydrogen) atoms. The van der Waals surface area contributed by atoms with Crippen LogP contribution in [0, 0.1) is 6.92 Å². The predicted octanol–water partition coefficient (Wildman–Crippen LogP) is 2.99. The fourth-order valence-corrected chi connectivity index (χ4v) is 2.59. The van der Waals surface area contributed by atoms with Crippen molar-refractivity contribution in [1.29, 1.82) is 0 Å². The highest BCUT2D eigenvalue weighted by Gasteiger charge is 2.23. The molecular weight excluding hydrogens is 222 g/mol. The topological polar surface area (TPSA) is 29.1 Å². The van der Waals surface area contributed by atoms with E-state index in [0.717, 1.165) is 32.1 Å². The number of fused-ring (bicyclic) bond motifs is 1. The van der Waals surface area contributed by atoms with Crippen LogP contribution >= 0.6 is 0 Å². The summed E-state index contributed by atoms with van der Waals surface area (Å²) in [6, 6.07) is 7.02. The number of benzene rings is 1. The standard InChI is InChI=1S/C16H19NO/c1-11-5-6-12-3-2-4-13(15(12)9-11)10-16(18)17-14-7-8-14/h5-6,9-10,14H,2-4,7-8H2,1H3,(H,17,18). The van der Waals surface area contributed by atoms with E-state index in [0.29, 0.717) is 6.04 Å². The Kier molecular flexibility index (Phi) is 2.94. The number of aryl methyl sites for hydroxylation is 2. The van der Waals surface area contributed by atoms with Crippen LogP contribution in [0.25, 0.3) is 5.57 Å². The number of hydrogen-bond acceptors (Lipinski definition) is 1. The minimum Gasteiger partial charge on any atom is -0.350 e. The molecule has 3 rings (SSSR count). The van der Waals surface area contributed by atoms with Gasteiger partial charge in [-0.25, -0.2) is 0 Å². The quantitative estimate of drug-likeness (QED) is 0.792. The average molecular weight is 241 g/mol. The summed E-state index contributed by atoms with van der Waals surface area (Å²) < 4.78 is 0. The van der Waals surface area contributed by atoms with Crippen molar-refractivity contribution in [3.8, 4) is 0 Å². The van der Waals surface area contributed by atoms with Gasteiger partial charge in [0.25, 0.3) is 0 Å². The number of nitrogens with one attached hydrogen (secondary N) is 1. The van der Waals surface area contributed by atoms with Crippen LogP contribution in [-0.2, 0) is 11.2 Å². The summed E-state index contributed by atoms with van der Waals surface area (Å²) in [5.74, 6) is 0.0851. The van der Waals surface area contributed by atoms with Gasteiger partial charge in [-0.05, 0) is 55.7 Å². The molecule has 0 saturated heterocycles. The van der Waals surface area contributed by atoms with Crippen LogP contribution in [0.1, 0.15) is 42.4 Å². The summed E-state index contributed by atoms with van der Waals surface area (Å²) in [7, 11) is 0. The Bertz CT molecular complexity index is 512. The Balaban J connectivity index is 1.87. The van der Waals surface area contributed by atoms with Crippen molar-refractivity contribution in [3.05, 3.63) is 41.0 Å². The fourth-order valence-electron chi connectivity index (χ4n) is 2.59. The maximum absolute atomic E-state index is 11.9. The van der Waals surface area contributed by atoms with E-state index in [1.165, 1.54) is 22.3 Å². The Morgan fingerprint density at radius 3 is 2.94 bits per heavy atom. The third-order valence-electron chi connectivity index (χ3n) is 3.73. The van der Waals surface area contributed by atoms with Crippen molar-refractivity contribution in [2.45, 2.75) is 45.1 Å². The zero-order valence-electron chi connectivity index (χ0n) is 10.8. The second-order valence-electron chi connectivity index (χ2n) is 5.47. The molecule has 2 nitrogen and oxygen atoms in total. The van der Waals surface area contributed by atoms with Crippen molar-refractivity contribution < 1.29 is 4.79 Å². The summed E-state index contributed by atoms with van der Waals surface area (Å²) in [4.78, 5) is 11.9. The third-order valence-corrected chi connectivity index (χ3v) is 3.73. The van der Waals surface area contributed by atoms with Gasteiger partial charge in [-0.15, -0.1) is 0 Å². The number of hydrogen-bond donors (Lipinski definition) is 1. The first-order valence-corrected chi connectivity index (χ1v) is 6.83. The molecule has 2 heteroatoms. The van der Waals surface area contributed by atoms with Gasteiger partial charge in [0.1, 0.15) is 0 Å². The Labute approximate surface area is 108 Å². The fraction of sp³-hybridized carbons (Fsp3) is 0.438. The molecule has 0 aromatic heterocycles. The third kappa shape index (κ3) is 2.47. The zero-order valence-corrected chi connectivity index (χ0v) is 10.8. The van der Waals surface area contributed by atoms with E-state index in [9.17, 15) is 4.79 Å². The lowest BCUT2D eigenvalue weighted by Gasteiger charge is -2.19. The molecular formula is C16H19NO. The van der Waals surface area contributed by atoms with Crippen molar-refractivity contribution in [3.63, 3.8) is 0 Å². The van der Waals surface area contributed by atoms with Crippen LogP contribution in [0.15, 0.2) is 24.3 Å². The van der Waals surface area contributed by atoms with E-state index >= 15 is 0 Å². The molecule has 1 N–H and O–H groups in total. The van der Waals surface area contributed by atoms with Crippen molar-refractivity contribution in [2.75, 3.05) is 0 Å². The molecule has 0 spiro atoms. The normalized spacial score (nSPS) is 20.6. The Morgan fingerprint density at radius 2 is 2.17 bits per heavy atom. The molecule has 94 valence electrons. The lowest BCUT2D eigenvalue weighted by molar-refractivity contribution is -0.116. The van der Waals surface area contributed by atoms with Gasteiger partial charge in [0, 0.05) is 12.1 Å². The SMILES string of the molecule is Cc1ccc2c(c1)C(=CC(=O)NC1CC1)CCC2. The smallest absolute Gasteiger partial charge is 0.244 e. The second-order valence-corrected chi connectivity index (χ2v) is 5.47. The average Bonchev–Trinajstić information content (AvgIpc) is 3.14. The van der Waals surface area contributed by atoms with Gasteiger partial charge in [-0.1, -0.05) is 23.8 Å². The van der Waals surface area contributed by atoms with E-state index in [1.807, 2.05) is 6.08 Å². The summed E-state index contributed by atoms with van der Waals surface area (Å²) in [6.45, 7) is 2.11. The number of carbonyl (C=O) groups is 1. The summed E-state index contributed by atoms with van der Waals surface area (Å²) in [6.07, 6.45) is 7.41. The Morgan fingerprint density at radius 1 is 1.33 bits per heavy atom. The maximum atomic E-state index is 11.9. The summed E-state index contributed by atoms with van der Waals surface area (Å²) in [5.41, 5.74) is 5.15. The number of amides is 1. The molecule has 1 fully saturated rings. The first kappa shape index (κ1) is 11.5. The molecule has 0 unspecified atom stereocenters. The highest BCUT2D eigenvalue weighted by molar-refractivity contribution is 5.96. The number of allylic oxidation sites excluding steroid dienone is 1. The predicted molar refractivity (Wildman–Crippen MR) is 73.3 cm³/mol. The van der Waals surface area contributed by atoms with Crippen LogP contribution in [0.3, 0.4) is 0 Å². The first-order chi connectivity index (χ1) is 8.72. The van der Waals surface area contributed by atoms with Gasteiger partial charge >= 0.3 is 0 Å². The second kappa shape index (κ2) is 4.60. The highest BCUT2D eigenvalue weighted by Crippen LogP contribution is 2.31. The minimum atomic E-state index is 0.0851. The number of rotatable bonds is 2. The van der Waals surface area contributed by atoms with E-state index < -0.39 is 0 Å². The molecule has 1 aromatic rings. The van der Waals surface area contributed by atoms with Gasteiger partial charge in [0.2, 0.25) is 5.91 Å². The monoisotopic (exact) mass is 241 g/mol. The van der Waals surface area contributed by atoms with Crippen molar-refractivity contribution in [1.82, 2.24) is 5.32 Å². The van der Waals surface area contributed by atoms with Crippen molar-refractivity contribution in [2.24, 2.45) is 0 Å². The molecule has 0 heterocycles. The van der Waals surface area contributed by atoms with E-state index in [4.69, 9.17) is 0 Å². The zero-order chi connectivity index (χ0) is 12.5. The van der Waals surface area contributed by atoms with Crippen molar-refractivity contribution >= 4 is 11.5 Å². The highest BCUT2D eigenvalue weighted by atomic mass is 16.1. The molecule has 0 radical (unpaired) electrons. The first-order valence-electron chi connectivity index (χ1n) is 6.83. The molecule has 1 aromatic carbocycles. The summed E-state index contributed by atoms with van der Waals surface area (Å²) >= 11 is 0. The van der Waals surface area contributed by atoms with E-state index in [2.05, 4.69) is 30.4 Å². The van der Waals surface area contributed by atoms with Crippen LogP contribution in [0.5, 0.6) is 0 Å². The summed E-state index contributed by atoms with van der Waals surface area (Å²) in [5, 5.41) is 3.03.